The molecule has 0 spiro atoms. The lowest BCUT2D eigenvalue weighted by Gasteiger charge is -2.31. The largest absolute Gasteiger partial charge is 0.450 e. The Hall–Kier alpha value is -1.68. The minimum Gasteiger partial charge on any atom is -0.450 e. The molecule has 2 heterocycles. The van der Waals surface area contributed by atoms with Gasteiger partial charge in [0.05, 0.1) is 5.69 Å². The van der Waals surface area contributed by atoms with E-state index in [0.717, 1.165) is 22.7 Å². The van der Waals surface area contributed by atoms with Crippen LogP contribution >= 0.6 is 11.6 Å². The van der Waals surface area contributed by atoms with Crippen molar-refractivity contribution in [3.05, 3.63) is 35.5 Å². The van der Waals surface area contributed by atoms with Crippen LogP contribution in [0.3, 0.4) is 0 Å². The first kappa shape index (κ1) is 11.4. The summed E-state index contributed by atoms with van der Waals surface area (Å²) in [4.78, 5) is 14.1. The van der Waals surface area contributed by atoms with Gasteiger partial charge in [0, 0.05) is 17.2 Å². The van der Waals surface area contributed by atoms with E-state index in [1.165, 1.54) is 0 Å². The van der Waals surface area contributed by atoms with Crippen LogP contribution in [0.25, 0.3) is 0 Å². The Kier molecular flexibility index (Phi) is 2.67. The highest BCUT2D eigenvalue weighted by Crippen LogP contribution is 2.39. The molecule has 1 aromatic rings. The van der Waals surface area contributed by atoms with Crippen molar-refractivity contribution in [3.63, 3.8) is 0 Å². The summed E-state index contributed by atoms with van der Waals surface area (Å²) in [5.41, 5.74) is 2.37. The highest BCUT2D eigenvalue weighted by Gasteiger charge is 2.40. The molecule has 3 rings (SSSR count). The highest BCUT2D eigenvalue weighted by atomic mass is 35.5. The molecular weight excluding hydrogens is 252 g/mol. The predicted molar refractivity (Wildman–Crippen MR) is 69.5 cm³/mol. The molecular formula is C13H13ClN2O2. The fraction of sp³-hybridized carbons (Fsp3) is 0.308. The molecule has 0 fully saturated rings. The van der Waals surface area contributed by atoms with Gasteiger partial charge in [0.2, 0.25) is 0 Å². The molecule has 0 saturated carbocycles. The number of anilines is 1. The number of alkyl halides is 1. The number of carbonyl (C=O) groups excluding carboxylic acids is 1. The molecule has 0 aromatic heterocycles. The van der Waals surface area contributed by atoms with Gasteiger partial charge in [-0.2, -0.15) is 0 Å². The van der Waals surface area contributed by atoms with Gasteiger partial charge in [-0.3, -0.25) is 9.69 Å². The van der Waals surface area contributed by atoms with Gasteiger partial charge in [0.25, 0.3) is 12.3 Å². The number of ether oxygens (including phenoxy) is 1. The average Bonchev–Trinajstić information content (AvgIpc) is 2.72. The van der Waals surface area contributed by atoms with Crippen molar-refractivity contribution in [1.82, 2.24) is 5.32 Å². The summed E-state index contributed by atoms with van der Waals surface area (Å²) in [6.07, 6.45) is 0.124. The van der Waals surface area contributed by atoms with Crippen LogP contribution in [-0.2, 0) is 4.79 Å². The molecule has 2 aliphatic heterocycles. The second kappa shape index (κ2) is 4.21. The maximum absolute atomic E-state index is 12.5. The Morgan fingerprint density at radius 3 is 3.00 bits per heavy atom. The molecule has 0 radical (unpaired) electrons. The van der Waals surface area contributed by atoms with Crippen LogP contribution in [0.4, 0.5) is 5.69 Å². The van der Waals surface area contributed by atoms with E-state index in [2.05, 4.69) is 5.32 Å². The molecule has 1 aromatic carbocycles. The Labute approximate surface area is 110 Å². The molecule has 1 N–H and O–H groups in total. The van der Waals surface area contributed by atoms with E-state index in [9.17, 15) is 4.79 Å². The summed E-state index contributed by atoms with van der Waals surface area (Å²) < 4.78 is 5.70. The number of para-hydroxylation sites is 2. The lowest BCUT2D eigenvalue weighted by molar-refractivity contribution is -0.117. The number of nitrogens with one attached hydrogen (secondary N) is 1. The molecule has 0 aliphatic carbocycles. The monoisotopic (exact) mass is 264 g/mol. The van der Waals surface area contributed by atoms with Crippen molar-refractivity contribution in [2.75, 3.05) is 10.8 Å². The van der Waals surface area contributed by atoms with E-state index in [1.54, 1.807) is 4.90 Å². The first-order valence-corrected chi connectivity index (χ1v) is 6.37. The first-order chi connectivity index (χ1) is 8.72. The third-order valence-corrected chi connectivity index (χ3v) is 3.40. The number of nitrogens with zero attached hydrogens (tertiary/aromatic N) is 1. The Bertz CT molecular complexity index is 542. The van der Waals surface area contributed by atoms with E-state index in [4.69, 9.17) is 16.3 Å². The molecule has 5 heteroatoms. The maximum Gasteiger partial charge on any atom is 0.260 e. The number of fused-ring (bicyclic) bond motifs is 3. The van der Waals surface area contributed by atoms with E-state index in [-0.39, 0.29) is 5.91 Å². The molecule has 0 saturated heterocycles. The molecule has 1 atom stereocenters. The average molecular weight is 265 g/mol. The van der Waals surface area contributed by atoms with Gasteiger partial charge >= 0.3 is 0 Å². The van der Waals surface area contributed by atoms with Crippen molar-refractivity contribution in [2.24, 2.45) is 0 Å². The number of carbonyl (C=O) groups is 1. The van der Waals surface area contributed by atoms with Crippen molar-refractivity contribution in [2.45, 2.75) is 19.7 Å². The van der Waals surface area contributed by atoms with E-state index >= 15 is 0 Å². The van der Waals surface area contributed by atoms with Crippen LogP contribution in [0.2, 0.25) is 0 Å². The van der Waals surface area contributed by atoms with Gasteiger partial charge in [-0.1, -0.05) is 12.1 Å². The Balaban J connectivity index is 2.01. The quantitative estimate of drug-likeness (QED) is 0.833. The zero-order chi connectivity index (χ0) is 12.7. The van der Waals surface area contributed by atoms with Crippen molar-refractivity contribution in [1.29, 1.82) is 0 Å². The fourth-order valence-corrected chi connectivity index (χ4v) is 2.52. The summed E-state index contributed by atoms with van der Waals surface area (Å²) in [5.74, 6) is 1.13. The summed E-state index contributed by atoms with van der Waals surface area (Å²) in [5, 5.41) is 3.19. The number of hydrogen-bond donors (Lipinski definition) is 1. The van der Waals surface area contributed by atoms with E-state index in [1.807, 2.05) is 31.2 Å². The molecule has 94 valence electrons. The Morgan fingerprint density at radius 2 is 2.22 bits per heavy atom. The van der Waals surface area contributed by atoms with Gasteiger partial charge in [-0.25, -0.2) is 0 Å². The zero-order valence-corrected chi connectivity index (χ0v) is 10.7. The lowest BCUT2D eigenvalue weighted by atomic mass is 10.1. The second-order valence-corrected chi connectivity index (χ2v) is 4.68. The Morgan fingerprint density at radius 1 is 1.44 bits per heavy atom. The third kappa shape index (κ3) is 1.56. The van der Waals surface area contributed by atoms with Crippen molar-refractivity contribution >= 4 is 23.2 Å². The maximum atomic E-state index is 12.5. The van der Waals surface area contributed by atoms with Gasteiger partial charge < -0.3 is 10.1 Å². The van der Waals surface area contributed by atoms with Crippen LogP contribution < -0.4 is 15.0 Å². The summed E-state index contributed by atoms with van der Waals surface area (Å²) in [7, 11) is 0. The van der Waals surface area contributed by atoms with Gasteiger partial charge in [-0.15, -0.1) is 11.6 Å². The molecule has 0 bridgehead atoms. The van der Waals surface area contributed by atoms with Crippen LogP contribution in [0.15, 0.2) is 35.5 Å². The summed E-state index contributed by atoms with van der Waals surface area (Å²) in [6, 6.07) is 7.53. The van der Waals surface area contributed by atoms with Crippen LogP contribution in [-0.4, -0.2) is 18.1 Å². The topological polar surface area (TPSA) is 41.6 Å². The SMILES string of the molecule is CC1=C(CCCl)C(=O)N2c3ccccc3OC2N1. The smallest absolute Gasteiger partial charge is 0.260 e. The number of rotatable bonds is 2. The number of hydrogen-bond acceptors (Lipinski definition) is 3. The normalized spacial score (nSPS) is 21.3. The minimum absolute atomic E-state index is 0.0261. The zero-order valence-electron chi connectivity index (χ0n) is 9.94. The molecule has 1 unspecified atom stereocenters. The number of halogens is 1. The van der Waals surface area contributed by atoms with Crippen LogP contribution in [0.1, 0.15) is 13.3 Å². The minimum atomic E-state index is -0.436. The van der Waals surface area contributed by atoms with Gasteiger partial charge in [0.1, 0.15) is 5.75 Å². The van der Waals surface area contributed by atoms with Crippen molar-refractivity contribution in [3.8, 4) is 5.75 Å². The molecule has 1 amide bonds. The van der Waals surface area contributed by atoms with Gasteiger partial charge in [0.15, 0.2) is 0 Å². The van der Waals surface area contributed by atoms with Crippen LogP contribution in [0, 0.1) is 0 Å². The van der Waals surface area contributed by atoms with Gasteiger partial charge in [-0.05, 0) is 25.5 Å². The van der Waals surface area contributed by atoms with E-state index in [0.29, 0.717) is 12.3 Å². The number of amides is 1. The standard InChI is InChI=1S/C13H13ClN2O2/c1-8-9(6-7-14)12(17)16-10-4-2-3-5-11(10)18-13(16)15-8/h2-5,13,15H,6-7H2,1H3. The first-order valence-electron chi connectivity index (χ1n) is 5.84. The second-order valence-electron chi connectivity index (χ2n) is 4.30. The molecule has 4 nitrogen and oxygen atoms in total. The summed E-state index contributed by atoms with van der Waals surface area (Å²) >= 11 is 5.74. The lowest BCUT2D eigenvalue weighted by Crippen LogP contribution is -2.53. The molecule has 2 aliphatic rings. The summed E-state index contributed by atoms with van der Waals surface area (Å²) in [6.45, 7) is 1.88. The fourth-order valence-electron chi connectivity index (χ4n) is 2.33. The number of benzene rings is 1. The van der Waals surface area contributed by atoms with E-state index < -0.39 is 6.35 Å². The highest BCUT2D eigenvalue weighted by molar-refractivity contribution is 6.18. The van der Waals surface area contributed by atoms with Crippen molar-refractivity contribution < 1.29 is 9.53 Å². The molecule has 18 heavy (non-hydrogen) atoms. The third-order valence-electron chi connectivity index (χ3n) is 3.21. The number of allylic oxidation sites excluding steroid dienone is 1. The van der Waals surface area contributed by atoms with Crippen LogP contribution in [0.5, 0.6) is 5.75 Å². The predicted octanol–water partition coefficient (Wildman–Crippen LogP) is 2.20.